The fourth-order valence-corrected chi connectivity index (χ4v) is 6.61. The Morgan fingerprint density at radius 1 is 1.21 bits per heavy atom. The van der Waals surface area contributed by atoms with Gasteiger partial charge in [-0.15, -0.1) is 0 Å². The molecule has 0 aromatic rings. The number of Topliss-reactive ketones (excluding diaryl/α,β-unsaturated/α-hetero) is 1. The van der Waals surface area contributed by atoms with Crippen LogP contribution in [0.5, 0.6) is 0 Å². The summed E-state index contributed by atoms with van der Waals surface area (Å²) < 4.78 is 4.91. The number of allylic oxidation sites excluding steroid dienone is 4. The van der Waals surface area contributed by atoms with Crippen molar-refractivity contribution in [2.75, 3.05) is 6.61 Å². The molecule has 0 heterocycles. The summed E-state index contributed by atoms with van der Waals surface area (Å²) in [5.41, 5.74) is 0.626. The van der Waals surface area contributed by atoms with Gasteiger partial charge in [0, 0.05) is 24.2 Å². The van der Waals surface area contributed by atoms with E-state index in [1.807, 2.05) is 13.0 Å². The lowest BCUT2D eigenvalue weighted by Gasteiger charge is -2.54. The molecule has 1 N–H and O–H groups in total. The van der Waals surface area contributed by atoms with Crippen molar-refractivity contribution in [3.63, 3.8) is 0 Å². The minimum Gasteiger partial charge on any atom is -0.458 e. The van der Waals surface area contributed by atoms with Crippen LogP contribution >= 0.6 is 0 Å². The Morgan fingerprint density at radius 3 is 2.68 bits per heavy atom. The molecule has 5 atom stereocenters. The highest BCUT2D eigenvalue weighted by Crippen LogP contribution is 2.65. The van der Waals surface area contributed by atoms with Crippen molar-refractivity contribution in [2.24, 2.45) is 22.7 Å². The fourth-order valence-electron chi connectivity index (χ4n) is 6.61. The molecule has 0 spiro atoms. The highest BCUT2D eigenvalue weighted by atomic mass is 16.5. The molecule has 0 unspecified atom stereocenters. The van der Waals surface area contributed by atoms with Crippen molar-refractivity contribution >= 4 is 17.5 Å². The van der Waals surface area contributed by atoms with Gasteiger partial charge in [-0.2, -0.15) is 0 Å². The van der Waals surface area contributed by atoms with Crippen LogP contribution in [0.1, 0.15) is 65.7 Å². The van der Waals surface area contributed by atoms with Crippen molar-refractivity contribution in [3.05, 3.63) is 23.3 Å². The summed E-state index contributed by atoms with van der Waals surface area (Å²) >= 11 is 0. The molecule has 0 aromatic heterocycles. The summed E-state index contributed by atoms with van der Waals surface area (Å²) in [6.07, 6.45) is 9.31. The van der Waals surface area contributed by atoms with Gasteiger partial charge in [0.25, 0.3) is 0 Å². The summed E-state index contributed by atoms with van der Waals surface area (Å²) in [6, 6.07) is 0. The van der Waals surface area contributed by atoms with Crippen LogP contribution in [0.3, 0.4) is 0 Å². The lowest BCUT2D eigenvalue weighted by Crippen LogP contribution is -2.55. The Kier molecular flexibility index (Phi) is 4.46. The van der Waals surface area contributed by atoms with Crippen LogP contribution in [-0.4, -0.2) is 34.9 Å². The molecular weight excluding hydrogens is 356 g/mol. The first-order chi connectivity index (χ1) is 13.1. The van der Waals surface area contributed by atoms with Gasteiger partial charge < -0.3 is 9.84 Å². The van der Waals surface area contributed by atoms with Crippen molar-refractivity contribution in [1.82, 2.24) is 0 Å². The van der Waals surface area contributed by atoms with E-state index in [0.717, 1.165) is 25.7 Å². The Balaban J connectivity index is 1.66. The summed E-state index contributed by atoms with van der Waals surface area (Å²) in [4.78, 5) is 35.9. The zero-order valence-corrected chi connectivity index (χ0v) is 17.0. The van der Waals surface area contributed by atoms with E-state index >= 15 is 0 Å². The Labute approximate surface area is 166 Å². The van der Waals surface area contributed by atoms with Gasteiger partial charge in [0.05, 0.1) is 0 Å². The van der Waals surface area contributed by atoms with Gasteiger partial charge in [0.2, 0.25) is 5.78 Å². The normalized spacial score (nSPS) is 41.9. The minimum absolute atomic E-state index is 0.0549. The smallest absolute Gasteiger partial charge is 0.303 e. The van der Waals surface area contributed by atoms with Crippen LogP contribution in [0.15, 0.2) is 23.3 Å². The van der Waals surface area contributed by atoms with Gasteiger partial charge in [-0.1, -0.05) is 31.1 Å². The summed E-state index contributed by atoms with van der Waals surface area (Å²) in [7, 11) is 0. The van der Waals surface area contributed by atoms with E-state index in [-0.39, 0.29) is 29.5 Å². The maximum Gasteiger partial charge on any atom is 0.303 e. The van der Waals surface area contributed by atoms with Crippen molar-refractivity contribution in [3.8, 4) is 0 Å². The third-order valence-electron chi connectivity index (χ3n) is 8.36. The summed E-state index contributed by atoms with van der Waals surface area (Å²) in [6.45, 7) is 5.21. The Morgan fingerprint density at radius 2 is 1.96 bits per heavy atom. The Hall–Kier alpha value is -1.75. The fraction of sp³-hybridized carbons (Fsp3) is 0.696. The van der Waals surface area contributed by atoms with Crippen LogP contribution in [0.2, 0.25) is 0 Å². The number of hydrogen-bond donors (Lipinski definition) is 1. The van der Waals surface area contributed by atoms with Crippen LogP contribution in [-0.2, 0) is 19.1 Å². The molecule has 152 valence electrons. The van der Waals surface area contributed by atoms with E-state index in [1.54, 1.807) is 0 Å². The van der Waals surface area contributed by atoms with Gasteiger partial charge in [-0.05, 0) is 56.4 Å². The molecule has 4 aliphatic carbocycles. The number of fused-ring (bicyclic) bond motifs is 5. The second-order valence-corrected chi connectivity index (χ2v) is 9.60. The molecule has 0 radical (unpaired) electrons. The maximum atomic E-state index is 12.8. The maximum absolute atomic E-state index is 12.8. The highest BCUT2D eigenvalue weighted by molar-refractivity contribution is 5.92. The van der Waals surface area contributed by atoms with Crippen molar-refractivity contribution in [2.45, 2.75) is 71.3 Å². The standard InChI is InChI=1S/C23H30O5/c1-14(24)28-13-20(26)23(27)11-8-19-17-5-4-15-12-16(25)6-9-21(15,2)18(17)7-10-22(19,23)3/h7,12,17,19,27H,4-6,8-11,13H2,1-3H3/t17-,19+,21-,22-,23-/m1/s1. The average Bonchev–Trinajstić information content (AvgIpc) is 2.92. The van der Waals surface area contributed by atoms with Crippen molar-refractivity contribution < 1.29 is 24.2 Å². The van der Waals surface area contributed by atoms with Gasteiger partial charge >= 0.3 is 5.97 Å². The van der Waals surface area contributed by atoms with Gasteiger partial charge in [0.15, 0.2) is 12.4 Å². The first-order valence-electron chi connectivity index (χ1n) is 10.5. The number of carbonyl (C=O) groups is 3. The first-order valence-corrected chi connectivity index (χ1v) is 10.5. The van der Waals surface area contributed by atoms with Gasteiger partial charge in [0.1, 0.15) is 5.60 Å². The monoisotopic (exact) mass is 386 g/mol. The number of esters is 1. The largest absolute Gasteiger partial charge is 0.458 e. The lowest BCUT2D eigenvalue weighted by atomic mass is 9.50. The number of hydrogen-bond acceptors (Lipinski definition) is 5. The SMILES string of the molecule is CC(=O)OCC(=O)[C@]1(O)CC[C@H]2[C@@H]3CCC4=CC(=O)CC[C@@]4(C)C3=CC[C@]21C. The number of rotatable bonds is 3. The van der Waals surface area contributed by atoms with Gasteiger partial charge in [-0.25, -0.2) is 0 Å². The lowest BCUT2D eigenvalue weighted by molar-refractivity contribution is -0.162. The minimum atomic E-state index is -1.45. The number of ether oxygens (including phenoxy) is 1. The zero-order chi connectivity index (χ0) is 20.3. The number of ketones is 2. The third-order valence-corrected chi connectivity index (χ3v) is 8.36. The van der Waals surface area contributed by atoms with E-state index in [4.69, 9.17) is 4.74 Å². The van der Waals surface area contributed by atoms with Crippen molar-refractivity contribution in [1.29, 1.82) is 0 Å². The molecule has 0 amide bonds. The molecule has 4 rings (SSSR count). The number of carbonyl (C=O) groups excluding carboxylic acids is 3. The molecule has 5 heteroatoms. The van der Waals surface area contributed by atoms with Crippen LogP contribution < -0.4 is 0 Å². The number of aliphatic hydroxyl groups is 1. The quantitative estimate of drug-likeness (QED) is 0.595. The van der Waals surface area contributed by atoms with E-state index in [2.05, 4.69) is 13.0 Å². The molecule has 2 fully saturated rings. The van der Waals surface area contributed by atoms with E-state index in [0.29, 0.717) is 25.2 Å². The molecule has 0 aromatic carbocycles. The predicted octanol–water partition coefficient (Wildman–Crippen LogP) is 3.30. The van der Waals surface area contributed by atoms with E-state index in [1.165, 1.54) is 18.1 Å². The highest BCUT2D eigenvalue weighted by Gasteiger charge is 2.64. The first kappa shape index (κ1) is 19.6. The molecule has 0 aliphatic heterocycles. The van der Waals surface area contributed by atoms with Crippen LogP contribution in [0.4, 0.5) is 0 Å². The second kappa shape index (κ2) is 6.38. The predicted molar refractivity (Wildman–Crippen MR) is 103 cm³/mol. The zero-order valence-electron chi connectivity index (χ0n) is 17.0. The molecule has 28 heavy (non-hydrogen) atoms. The molecule has 0 saturated heterocycles. The molecular formula is C23H30O5. The van der Waals surface area contributed by atoms with E-state index < -0.39 is 17.0 Å². The summed E-state index contributed by atoms with van der Waals surface area (Å²) in [5, 5.41) is 11.4. The van der Waals surface area contributed by atoms with E-state index in [9.17, 15) is 19.5 Å². The molecule has 4 aliphatic rings. The third kappa shape index (κ3) is 2.58. The molecule has 2 saturated carbocycles. The molecule has 0 bridgehead atoms. The van der Waals surface area contributed by atoms with Gasteiger partial charge in [-0.3, -0.25) is 14.4 Å². The summed E-state index contributed by atoms with van der Waals surface area (Å²) in [5.74, 6) is -0.0813. The van der Waals surface area contributed by atoms with Crippen LogP contribution in [0, 0.1) is 22.7 Å². The average molecular weight is 386 g/mol. The molecule has 5 nitrogen and oxygen atoms in total. The Bertz CT molecular complexity index is 808. The second-order valence-electron chi connectivity index (χ2n) is 9.60. The topological polar surface area (TPSA) is 80.7 Å². The van der Waals surface area contributed by atoms with Crippen LogP contribution in [0.25, 0.3) is 0 Å².